The molecule has 0 aliphatic heterocycles. The van der Waals surface area contributed by atoms with E-state index in [2.05, 4.69) is 24.4 Å². The van der Waals surface area contributed by atoms with Gasteiger partial charge in [-0.15, -0.1) is 0 Å². The van der Waals surface area contributed by atoms with Crippen molar-refractivity contribution in [2.24, 2.45) is 5.41 Å². The Labute approximate surface area is 143 Å². The van der Waals surface area contributed by atoms with Crippen LogP contribution in [-0.4, -0.2) is 28.8 Å². The Morgan fingerprint density at radius 3 is 2.42 bits per heavy atom. The minimum Gasteiger partial charge on any atom is -0.478 e. The zero-order valence-electron chi connectivity index (χ0n) is 14.2. The van der Waals surface area contributed by atoms with E-state index in [1.807, 2.05) is 31.2 Å². The van der Waals surface area contributed by atoms with Crippen molar-refractivity contribution in [3.8, 4) is 0 Å². The number of aliphatic hydroxyl groups is 1. The Morgan fingerprint density at radius 2 is 1.79 bits per heavy atom. The van der Waals surface area contributed by atoms with E-state index in [1.165, 1.54) is 5.56 Å². The molecule has 0 aliphatic rings. The lowest BCUT2D eigenvalue weighted by Gasteiger charge is -2.33. The van der Waals surface area contributed by atoms with Gasteiger partial charge in [0, 0.05) is 18.5 Å². The summed E-state index contributed by atoms with van der Waals surface area (Å²) in [6.07, 6.45) is 0.309. The van der Waals surface area contributed by atoms with Gasteiger partial charge in [0.2, 0.25) is 0 Å². The number of carboxylic acid groups (broad SMARTS) is 1. The third-order valence-electron chi connectivity index (χ3n) is 4.49. The normalized spacial score (nSPS) is 14.8. The Kier molecular flexibility index (Phi) is 6.12. The molecule has 3 N–H and O–H groups in total. The van der Waals surface area contributed by atoms with E-state index in [4.69, 9.17) is 5.11 Å². The number of nitrogens with one attached hydrogen (secondary N) is 1. The maximum Gasteiger partial charge on any atom is 0.335 e. The maximum absolute atomic E-state index is 11.0. The SMILES string of the molecule is CC(O)C(C)(CNCc1cccc(C(=O)O)c1)Cc1ccccc1. The molecule has 0 bridgehead atoms. The molecule has 0 aliphatic carbocycles. The molecule has 0 radical (unpaired) electrons. The molecule has 0 heterocycles. The largest absolute Gasteiger partial charge is 0.478 e. The quantitative estimate of drug-likeness (QED) is 0.697. The van der Waals surface area contributed by atoms with Crippen LogP contribution in [0.1, 0.15) is 35.3 Å². The van der Waals surface area contributed by atoms with Gasteiger partial charge >= 0.3 is 5.97 Å². The van der Waals surface area contributed by atoms with Crippen molar-refractivity contribution in [2.75, 3.05) is 6.54 Å². The van der Waals surface area contributed by atoms with Gasteiger partial charge < -0.3 is 15.5 Å². The van der Waals surface area contributed by atoms with Gasteiger partial charge in [0.1, 0.15) is 0 Å². The fourth-order valence-corrected chi connectivity index (χ4v) is 2.73. The number of hydrogen-bond acceptors (Lipinski definition) is 3. The third kappa shape index (κ3) is 4.91. The summed E-state index contributed by atoms with van der Waals surface area (Å²) >= 11 is 0. The zero-order chi connectivity index (χ0) is 17.6. The van der Waals surface area contributed by atoms with Crippen molar-refractivity contribution in [3.63, 3.8) is 0 Å². The van der Waals surface area contributed by atoms with Crippen molar-refractivity contribution in [1.29, 1.82) is 0 Å². The van der Waals surface area contributed by atoms with Crippen LogP contribution in [0.4, 0.5) is 0 Å². The lowest BCUT2D eigenvalue weighted by molar-refractivity contribution is 0.0519. The molecule has 4 nitrogen and oxygen atoms in total. The number of rotatable bonds is 8. The predicted octanol–water partition coefficient (Wildman–Crippen LogP) is 3.10. The Hall–Kier alpha value is -2.17. The Morgan fingerprint density at radius 1 is 1.12 bits per heavy atom. The van der Waals surface area contributed by atoms with E-state index < -0.39 is 12.1 Å². The highest BCUT2D eigenvalue weighted by Gasteiger charge is 2.29. The van der Waals surface area contributed by atoms with Gasteiger partial charge in [0.15, 0.2) is 0 Å². The fraction of sp³-hybridized carbons (Fsp3) is 0.350. The van der Waals surface area contributed by atoms with Crippen molar-refractivity contribution < 1.29 is 15.0 Å². The second-order valence-corrected chi connectivity index (χ2v) is 6.60. The number of hydrogen-bond donors (Lipinski definition) is 3. The first-order valence-electron chi connectivity index (χ1n) is 8.16. The molecule has 2 unspecified atom stereocenters. The van der Waals surface area contributed by atoms with E-state index in [0.717, 1.165) is 12.0 Å². The highest BCUT2D eigenvalue weighted by molar-refractivity contribution is 5.87. The molecule has 128 valence electrons. The van der Waals surface area contributed by atoms with Gasteiger partial charge in [-0.25, -0.2) is 4.79 Å². The highest BCUT2D eigenvalue weighted by Crippen LogP contribution is 2.26. The maximum atomic E-state index is 11.0. The second kappa shape index (κ2) is 8.08. The van der Waals surface area contributed by atoms with Crippen molar-refractivity contribution in [2.45, 2.75) is 32.9 Å². The topological polar surface area (TPSA) is 69.6 Å². The van der Waals surface area contributed by atoms with Gasteiger partial charge in [-0.2, -0.15) is 0 Å². The predicted molar refractivity (Wildman–Crippen MR) is 95.0 cm³/mol. The molecule has 4 heteroatoms. The number of benzene rings is 2. The van der Waals surface area contributed by atoms with Gasteiger partial charge in [-0.1, -0.05) is 49.4 Å². The van der Waals surface area contributed by atoms with Gasteiger partial charge in [0.25, 0.3) is 0 Å². The van der Waals surface area contributed by atoms with E-state index in [9.17, 15) is 9.90 Å². The molecule has 0 aromatic heterocycles. The first kappa shape index (κ1) is 18.2. The minimum atomic E-state index is -0.922. The first-order chi connectivity index (χ1) is 11.4. The first-order valence-corrected chi connectivity index (χ1v) is 8.16. The van der Waals surface area contributed by atoms with Crippen LogP contribution in [0, 0.1) is 5.41 Å². The van der Waals surface area contributed by atoms with Crippen LogP contribution in [-0.2, 0) is 13.0 Å². The van der Waals surface area contributed by atoms with Crippen LogP contribution >= 0.6 is 0 Å². The van der Waals surface area contributed by atoms with Crippen LogP contribution in [0.3, 0.4) is 0 Å². The number of carboxylic acids is 1. The van der Waals surface area contributed by atoms with Gasteiger partial charge in [-0.05, 0) is 36.6 Å². The minimum absolute atomic E-state index is 0.289. The summed E-state index contributed by atoms with van der Waals surface area (Å²) in [6.45, 7) is 5.08. The summed E-state index contributed by atoms with van der Waals surface area (Å²) < 4.78 is 0. The van der Waals surface area contributed by atoms with E-state index in [0.29, 0.717) is 13.1 Å². The number of carbonyl (C=O) groups is 1. The van der Waals surface area contributed by atoms with Crippen molar-refractivity contribution in [1.82, 2.24) is 5.32 Å². The molecule has 2 aromatic carbocycles. The molecule has 2 aromatic rings. The molecule has 2 rings (SSSR count). The second-order valence-electron chi connectivity index (χ2n) is 6.60. The lowest BCUT2D eigenvalue weighted by atomic mass is 9.79. The summed E-state index contributed by atoms with van der Waals surface area (Å²) in [5.74, 6) is -0.922. The van der Waals surface area contributed by atoms with Crippen LogP contribution < -0.4 is 5.32 Å². The molecule has 0 saturated heterocycles. The summed E-state index contributed by atoms with van der Waals surface area (Å²) in [5, 5.41) is 22.6. The monoisotopic (exact) mass is 327 g/mol. The van der Waals surface area contributed by atoms with Crippen LogP contribution in [0.2, 0.25) is 0 Å². The third-order valence-corrected chi connectivity index (χ3v) is 4.49. The Bertz CT molecular complexity index is 670. The molecule has 0 amide bonds. The molecule has 2 atom stereocenters. The van der Waals surface area contributed by atoms with E-state index >= 15 is 0 Å². The van der Waals surface area contributed by atoms with Crippen molar-refractivity contribution >= 4 is 5.97 Å². The molecule has 0 spiro atoms. The average molecular weight is 327 g/mol. The summed E-state index contributed by atoms with van der Waals surface area (Å²) in [5.41, 5.74) is 2.10. The molecule has 24 heavy (non-hydrogen) atoms. The van der Waals surface area contributed by atoms with Crippen LogP contribution in [0.5, 0.6) is 0 Å². The molecular weight excluding hydrogens is 302 g/mol. The van der Waals surface area contributed by atoms with Gasteiger partial charge in [0.05, 0.1) is 11.7 Å². The summed E-state index contributed by atoms with van der Waals surface area (Å²) in [7, 11) is 0. The standard InChI is InChI=1S/C20H25NO3/c1-15(22)20(2,12-16-7-4-3-5-8-16)14-21-13-17-9-6-10-18(11-17)19(23)24/h3-11,15,21-22H,12-14H2,1-2H3,(H,23,24). The lowest BCUT2D eigenvalue weighted by Crippen LogP contribution is -2.41. The molecule has 0 fully saturated rings. The molecular formula is C20H25NO3. The smallest absolute Gasteiger partial charge is 0.335 e. The van der Waals surface area contributed by atoms with Crippen molar-refractivity contribution in [3.05, 3.63) is 71.3 Å². The number of aromatic carboxylic acids is 1. The number of aliphatic hydroxyl groups excluding tert-OH is 1. The Balaban J connectivity index is 1.99. The summed E-state index contributed by atoms with van der Waals surface area (Å²) in [4.78, 5) is 11.0. The molecule has 0 saturated carbocycles. The van der Waals surface area contributed by atoms with E-state index in [1.54, 1.807) is 18.2 Å². The highest BCUT2D eigenvalue weighted by atomic mass is 16.4. The fourth-order valence-electron chi connectivity index (χ4n) is 2.73. The van der Waals surface area contributed by atoms with E-state index in [-0.39, 0.29) is 11.0 Å². The van der Waals surface area contributed by atoms with Crippen LogP contribution in [0.15, 0.2) is 54.6 Å². The van der Waals surface area contributed by atoms with Gasteiger partial charge in [-0.3, -0.25) is 0 Å². The zero-order valence-corrected chi connectivity index (χ0v) is 14.2. The van der Waals surface area contributed by atoms with Crippen LogP contribution in [0.25, 0.3) is 0 Å². The average Bonchev–Trinajstić information content (AvgIpc) is 2.56. The summed E-state index contributed by atoms with van der Waals surface area (Å²) in [6, 6.07) is 17.0.